The van der Waals surface area contributed by atoms with Crippen LogP contribution in [0.4, 0.5) is 0 Å². The zero-order valence-corrected chi connectivity index (χ0v) is 21.7. The first-order chi connectivity index (χ1) is 17.6. The summed E-state index contributed by atoms with van der Waals surface area (Å²) in [6, 6.07) is 15.4. The minimum Gasteiger partial charge on any atom is -0.497 e. The van der Waals surface area contributed by atoms with E-state index in [4.69, 9.17) is 9.47 Å². The van der Waals surface area contributed by atoms with Crippen LogP contribution in [-0.2, 0) is 22.7 Å². The van der Waals surface area contributed by atoms with Gasteiger partial charge in [-0.2, -0.15) is 0 Å². The van der Waals surface area contributed by atoms with E-state index in [0.29, 0.717) is 24.9 Å². The van der Waals surface area contributed by atoms with Gasteiger partial charge in [0.1, 0.15) is 12.4 Å². The van der Waals surface area contributed by atoms with E-state index in [0.717, 1.165) is 35.1 Å². The summed E-state index contributed by atoms with van der Waals surface area (Å²) in [5, 5.41) is 0.953. The highest BCUT2D eigenvalue weighted by Gasteiger charge is 2.13. The maximum atomic E-state index is 12.9. The molecule has 3 aromatic rings. The number of para-hydroxylation sites is 1. The van der Waals surface area contributed by atoms with Crippen LogP contribution in [0.1, 0.15) is 80.6 Å². The van der Waals surface area contributed by atoms with Crippen molar-refractivity contribution in [1.82, 2.24) is 4.57 Å². The molecule has 0 unspecified atom stereocenters. The lowest BCUT2D eigenvalue weighted by atomic mass is 10.1. The van der Waals surface area contributed by atoms with Gasteiger partial charge >= 0.3 is 5.97 Å². The van der Waals surface area contributed by atoms with E-state index in [1.54, 1.807) is 13.2 Å². The number of nitrogens with zero attached hydrogens (tertiary/aromatic N) is 1. The van der Waals surface area contributed by atoms with Gasteiger partial charge in [0.25, 0.3) is 0 Å². The van der Waals surface area contributed by atoms with Crippen LogP contribution in [-0.4, -0.2) is 23.4 Å². The highest BCUT2D eigenvalue weighted by atomic mass is 16.5. The number of carbonyl (C=O) groups is 2. The van der Waals surface area contributed by atoms with Crippen molar-refractivity contribution in [1.29, 1.82) is 0 Å². The summed E-state index contributed by atoms with van der Waals surface area (Å²) in [4.78, 5) is 25.1. The quantitative estimate of drug-likeness (QED) is 0.0897. The molecule has 0 radical (unpaired) electrons. The minimum absolute atomic E-state index is 0.0369. The number of fused-ring (bicyclic) bond motifs is 1. The molecular weight excluding hydrogens is 450 g/mol. The van der Waals surface area contributed by atoms with Crippen molar-refractivity contribution in [3.8, 4) is 5.75 Å². The molecule has 0 N–H and O–H groups in total. The number of unbranched alkanes of at least 4 members (excludes halogenated alkanes) is 6. The Morgan fingerprint density at radius 2 is 1.67 bits per heavy atom. The molecule has 0 fully saturated rings. The smallest absolute Gasteiger partial charge is 0.306 e. The number of allylic oxidation sites excluding steroid dienone is 2. The van der Waals surface area contributed by atoms with Crippen LogP contribution < -0.4 is 4.74 Å². The predicted octanol–water partition coefficient (Wildman–Crippen LogP) is 7.66. The fourth-order valence-corrected chi connectivity index (χ4v) is 4.30. The number of hydrogen-bond donors (Lipinski definition) is 0. The maximum Gasteiger partial charge on any atom is 0.306 e. The highest BCUT2D eigenvalue weighted by Crippen LogP contribution is 2.23. The molecule has 0 bridgehead atoms. The second-order valence-corrected chi connectivity index (χ2v) is 9.19. The lowest BCUT2D eigenvalue weighted by molar-refractivity contribution is -0.145. The third kappa shape index (κ3) is 8.40. The van der Waals surface area contributed by atoms with Crippen LogP contribution in [0.25, 0.3) is 10.9 Å². The summed E-state index contributed by atoms with van der Waals surface area (Å²) in [6.45, 7) is 3.12. The standard InChI is InChI=1S/C31H39NO4/c1-3-4-5-6-7-8-9-10-16-30(33)28-23-32(29-15-12-11-14-27(28)29)22-13-17-31(34)36-24-25-18-20-26(35-2)21-19-25/h10-12,14-16,18-21,23H,3-9,13,17,22,24H2,1-2H3. The molecule has 0 saturated heterocycles. The van der Waals surface area contributed by atoms with Crippen LogP contribution in [0.15, 0.2) is 66.9 Å². The van der Waals surface area contributed by atoms with Gasteiger partial charge in [-0.25, -0.2) is 0 Å². The minimum atomic E-state index is -0.226. The van der Waals surface area contributed by atoms with Gasteiger partial charge in [0.2, 0.25) is 0 Å². The number of methoxy groups -OCH3 is 1. The van der Waals surface area contributed by atoms with Gasteiger partial charge in [-0.3, -0.25) is 9.59 Å². The predicted molar refractivity (Wildman–Crippen MR) is 145 cm³/mol. The zero-order valence-electron chi connectivity index (χ0n) is 21.7. The fourth-order valence-electron chi connectivity index (χ4n) is 4.30. The first-order valence-corrected chi connectivity index (χ1v) is 13.2. The number of ketones is 1. The van der Waals surface area contributed by atoms with Crippen molar-refractivity contribution in [3.05, 3.63) is 78.0 Å². The molecule has 192 valence electrons. The lowest BCUT2D eigenvalue weighted by Gasteiger charge is -2.07. The molecule has 5 heteroatoms. The molecule has 2 aromatic carbocycles. The number of rotatable bonds is 16. The molecule has 0 aliphatic heterocycles. The Bertz CT molecular complexity index is 1130. The third-order valence-corrected chi connectivity index (χ3v) is 6.39. The van der Waals surface area contributed by atoms with E-state index in [1.807, 2.05) is 60.8 Å². The Kier molecular flexibility index (Phi) is 11.3. The monoisotopic (exact) mass is 489 g/mol. The molecule has 0 spiro atoms. The largest absolute Gasteiger partial charge is 0.497 e. The summed E-state index contributed by atoms with van der Waals surface area (Å²) in [5.41, 5.74) is 2.65. The van der Waals surface area contributed by atoms with Crippen molar-refractivity contribution in [2.24, 2.45) is 0 Å². The van der Waals surface area contributed by atoms with Gasteiger partial charge in [0.15, 0.2) is 5.78 Å². The maximum absolute atomic E-state index is 12.9. The fraction of sp³-hybridized carbons (Fsp3) is 0.419. The Morgan fingerprint density at radius 1 is 0.917 bits per heavy atom. The molecule has 5 nitrogen and oxygen atoms in total. The number of benzene rings is 2. The van der Waals surface area contributed by atoms with Crippen LogP contribution in [0.5, 0.6) is 5.75 Å². The molecule has 1 heterocycles. The van der Waals surface area contributed by atoms with E-state index in [2.05, 4.69) is 11.5 Å². The van der Waals surface area contributed by atoms with Gasteiger partial charge in [-0.05, 0) is 49.1 Å². The van der Waals surface area contributed by atoms with Gasteiger partial charge in [-0.15, -0.1) is 0 Å². The lowest BCUT2D eigenvalue weighted by Crippen LogP contribution is -2.06. The van der Waals surface area contributed by atoms with Gasteiger partial charge in [0.05, 0.1) is 7.11 Å². The molecule has 0 saturated carbocycles. The summed E-state index contributed by atoms with van der Waals surface area (Å²) in [5.74, 6) is 0.584. The molecule has 0 amide bonds. The molecule has 0 atom stereocenters. The number of esters is 1. The number of aryl methyl sites for hydroxylation is 1. The Labute approximate surface area is 215 Å². The number of hydrogen-bond acceptors (Lipinski definition) is 4. The molecule has 36 heavy (non-hydrogen) atoms. The summed E-state index contributed by atoms with van der Waals surface area (Å²) in [6.07, 6.45) is 15.1. The van der Waals surface area contributed by atoms with Crippen LogP contribution in [0.2, 0.25) is 0 Å². The first kappa shape index (κ1) is 27.3. The second kappa shape index (κ2) is 14.9. The molecule has 0 aliphatic carbocycles. The van der Waals surface area contributed by atoms with Crippen molar-refractivity contribution in [2.45, 2.75) is 77.9 Å². The summed E-state index contributed by atoms with van der Waals surface area (Å²) >= 11 is 0. The SMILES string of the molecule is CCCCCCCCC=CC(=O)c1cn(CCCC(=O)OCc2ccc(OC)cc2)c2ccccc12. The van der Waals surface area contributed by atoms with E-state index in [1.165, 1.54) is 32.1 Å². The second-order valence-electron chi connectivity index (χ2n) is 9.19. The van der Waals surface area contributed by atoms with Gasteiger partial charge in [-0.1, -0.05) is 75.4 Å². The normalized spacial score (nSPS) is 11.3. The first-order valence-electron chi connectivity index (χ1n) is 13.2. The summed E-state index contributed by atoms with van der Waals surface area (Å²) < 4.78 is 12.6. The van der Waals surface area contributed by atoms with Gasteiger partial charge < -0.3 is 14.0 Å². The third-order valence-electron chi connectivity index (χ3n) is 6.39. The van der Waals surface area contributed by atoms with Gasteiger partial charge in [0, 0.05) is 35.6 Å². The van der Waals surface area contributed by atoms with E-state index >= 15 is 0 Å². The van der Waals surface area contributed by atoms with Crippen molar-refractivity contribution in [2.75, 3.05) is 7.11 Å². The molecule has 3 rings (SSSR count). The Morgan fingerprint density at radius 3 is 2.44 bits per heavy atom. The Balaban J connectivity index is 1.48. The number of aromatic nitrogens is 1. The number of ether oxygens (including phenoxy) is 2. The number of carbonyl (C=O) groups excluding carboxylic acids is 2. The van der Waals surface area contributed by atoms with Crippen LogP contribution in [0.3, 0.4) is 0 Å². The van der Waals surface area contributed by atoms with E-state index < -0.39 is 0 Å². The van der Waals surface area contributed by atoms with Crippen molar-refractivity contribution >= 4 is 22.7 Å². The molecule has 0 aliphatic rings. The van der Waals surface area contributed by atoms with E-state index in [-0.39, 0.29) is 18.4 Å². The Hall–Kier alpha value is -3.34. The molecular formula is C31H39NO4. The van der Waals surface area contributed by atoms with Crippen LogP contribution in [0, 0.1) is 0 Å². The highest BCUT2D eigenvalue weighted by molar-refractivity contribution is 6.13. The zero-order chi connectivity index (χ0) is 25.6. The van der Waals surface area contributed by atoms with E-state index in [9.17, 15) is 9.59 Å². The topological polar surface area (TPSA) is 57.5 Å². The van der Waals surface area contributed by atoms with Crippen molar-refractivity contribution in [3.63, 3.8) is 0 Å². The molecule has 1 aromatic heterocycles. The summed E-state index contributed by atoms with van der Waals surface area (Å²) in [7, 11) is 1.62. The average Bonchev–Trinajstić information content (AvgIpc) is 3.28. The van der Waals surface area contributed by atoms with Crippen LogP contribution >= 0.6 is 0 Å². The average molecular weight is 490 g/mol. The van der Waals surface area contributed by atoms with Crippen molar-refractivity contribution < 1.29 is 19.1 Å².